The first-order valence-electron chi connectivity index (χ1n) is 8.24. The smallest absolute Gasteiger partial charge is 0.264 e. The fraction of sp³-hybridized carbons (Fsp3) is 0.368. The van der Waals surface area contributed by atoms with Gasteiger partial charge in [-0.05, 0) is 36.2 Å². The van der Waals surface area contributed by atoms with Gasteiger partial charge in [-0.3, -0.25) is 4.57 Å². The molecular weight excluding hydrogens is 321 g/mol. The molecule has 0 amide bonds. The van der Waals surface area contributed by atoms with E-state index in [0.29, 0.717) is 17.5 Å². The summed E-state index contributed by atoms with van der Waals surface area (Å²) in [6.45, 7) is 2.42. The van der Waals surface area contributed by atoms with Crippen LogP contribution in [-0.2, 0) is 9.09 Å². The Morgan fingerprint density at radius 2 is 1.71 bits per heavy atom. The van der Waals surface area contributed by atoms with Gasteiger partial charge in [-0.2, -0.15) is 0 Å². The third-order valence-electron chi connectivity index (χ3n) is 3.93. The molecule has 130 valence electrons. The van der Waals surface area contributed by atoms with Crippen LogP contribution in [0.1, 0.15) is 31.2 Å². The van der Waals surface area contributed by atoms with Crippen LogP contribution >= 0.6 is 7.37 Å². The lowest BCUT2D eigenvalue weighted by molar-refractivity contribution is 0.213. The number of unbranched alkanes of at least 4 members (excludes halogenated alkanes) is 1. The van der Waals surface area contributed by atoms with Crippen molar-refractivity contribution < 1.29 is 14.2 Å². The Hall–Kier alpha value is -1.61. The zero-order valence-electron chi connectivity index (χ0n) is 14.6. The van der Waals surface area contributed by atoms with Crippen molar-refractivity contribution >= 4 is 18.4 Å². The molecule has 2 aromatic rings. The Balaban J connectivity index is 2.37. The molecule has 0 aliphatic heterocycles. The van der Waals surface area contributed by atoms with Gasteiger partial charge in [0.25, 0.3) is 7.37 Å². The van der Waals surface area contributed by atoms with Crippen molar-refractivity contribution in [3.8, 4) is 0 Å². The second-order valence-electron chi connectivity index (χ2n) is 5.98. The molecule has 0 bridgehead atoms. The van der Waals surface area contributed by atoms with E-state index >= 15 is 0 Å². The number of nitrogens with zero attached hydrogens (tertiary/aromatic N) is 1. The Morgan fingerprint density at radius 3 is 2.25 bits per heavy atom. The average Bonchev–Trinajstić information content (AvgIpc) is 2.62. The monoisotopic (exact) mass is 347 g/mol. The SMILES string of the molecule is CCCCO[P@](=O)(c1ccc(N(C)C)cc1)[C@H](O)c1ccccc1. The Morgan fingerprint density at radius 1 is 1.08 bits per heavy atom. The lowest BCUT2D eigenvalue weighted by Gasteiger charge is -2.25. The summed E-state index contributed by atoms with van der Waals surface area (Å²) < 4.78 is 19.3. The Labute approximate surface area is 144 Å². The molecule has 2 aromatic carbocycles. The van der Waals surface area contributed by atoms with Gasteiger partial charge in [0.1, 0.15) is 0 Å². The molecule has 0 heterocycles. The minimum absolute atomic E-state index is 0.368. The molecule has 4 nitrogen and oxygen atoms in total. The topological polar surface area (TPSA) is 49.8 Å². The van der Waals surface area contributed by atoms with Crippen molar-refractivity contribution in [3.05, 3.63) is 60.2 Å². The van der Waals surface area contributed by atoms with Gasteiger partial charge in [0, 0.05) is 25.1 Å². The summed E-state index contributed by atoms with van der Waals surface area (Å²) in [7, 11) is 0.472. The van der Waals surface area contributed by atoms with E-state index in [9.17, 15) is 9.67 Å². The minimum Gasteiger partial charge on any atom is -0.378 e. The normalized spacial score (nSPS) is 14.8. The molecule has 0 unspecified atom stereocenters. The molecule has 0 fully saturated rings. The van der Waals surface area contributed by atoms with E-state index < -0.39 is 13.2 Å². The zero-order valence-corrected chi connectivity index (χ0v) is 15.4. The largest absolute Gasteiger partial charge is 0.378 e. The van der Waals surface area contributed by atoms with Crippen LogP contribution < -0.4 is 10.2 Å². The lowest BCUT2D eigenvalue weighted by atomic mass is 10.2. The predicted octanol–water partition coefficient (Wildman–Crippen LogP) is 4.16. The molecule has 0 aromatic heterocycles. The van der Waals surface area contributed by atoms with Crippen LogP contribution in [0, 0.1) is 0 Å². The van der Waals surface area contributed by atoms with Crippen LogP contribution in [0.15, 0.2) is 54.6 Å². The summed E-state index contributed by atoms with van der Waals surface area (Å²) in [5, 5.41) is 11.3. The van der Waals surface area contributed by atoms with E-state index in [1.807, 2.05) is 56.3 Å². The highest BCUT2D eigenvalue weighted by Gasteiger charge is 2.36. The van der Waals surface area contributed by atoms with Gasteiger partial charge in [0.15, 0.2) is 5.85 Å². The van der Waals surface area contributed by atoms with E-state index in [1.54, 1.807) is 24.3 Å². The number of hydrogen-bond donors (Lipinski definition) is 1. The number of hydrogen-bond acceptors (Lipinski definition) is 4. The number of benzene rings is 2. The van der Waals surface area contributed by atoms with E-state index in [4.69, 9.17) is 4.52 Å². The highest BCUT2D eigenvalue weighted by atomic mass is 31.2. The first kappa shape index (κ1) is 18.7. The van der Waals surface area contributed by atoms with Gasteiger partial charge in [0.2, 0.25) is 0 Å². The summed E-state index contributed by atoms with van der Waals surface area (Å²) in [4.78, 5) is 1.97. The van der Waals surface area contributed by atoms with E-state index in [-0.39, 0.29) is 0 Å². The van der Waals surface area contributed by atoms with E-state index in [1.165, 1.54) is 0 Å². The molecular formula is C19H26NO3P. The van der Waals surface area contributed by atoms with Gasteiger partial charge in [-0.15, -0.1) is 0 Å². The quantitative estimate of drug-likeness (QED) is 0.575. The van der Waals surface area contributed by atoms with Crippen LogP contribution in [0.25, 0.3) is 0 Å². The highest BCUT2D eigenvalue weighted by Crippen LogP contribution is 2.57. The number of rotatable bonds is 8. The van der Waals surface area contributed by atoms with Crippen molar-refractivity contribution in [3.63, 3.8) is 0 Å². The van der Waals surface area contributed by atoms with Crippen molar-refractivity contribution in [1.29, 1.82) is 0 Å². The molecule has 0 radical (unpaired) electrons. The maximum Gasteiger partial charge on any atom is 0.264 e. The van der Waals surface area contributed by atoms with E-state index in [0.717, 1.165) is 18.5 Å². The van der Waals surface area contributed by atoms with E-state index in [2.05, 4.69) is 0 Å². The summed E-state index contributed by atoms with van der Waals surface area (Å²) in [6.07, 6.45) is 1.75. The number of aliphatic hydroxyl groups excluding tert-OH is 1. The molecule has 0 saturated heterocycles. The Bertz CT molecular complexity index is 671. The molecule has 24 heavy (non-hydrogen) atoms. The maximum absolute atomic E-state index is 13.6. The van der Waals surface area contributed by atoms with Crippen LogP contribution in [0.2, 0.25) is 0 Å². The van der Waals surface area contributed by atoms with Crippen molar-refractivity contribution in [2.75, 3.05) is 25.6 Å². The van der Waals surface area contributed by atoms with Crippen molar-refractivity contribution in [2.24, 2.45) is 0 Å². The van der Waals surface area contributed by atoms with Crippen LogP contribution in [0.3, 0.4) is 0 Å². The van der Waals surface area contributed by atoms with Gasteiger partial charge >= 0.3 is 0 Å². The standard InChI is InChI=1S/C19H26NO3P/c1-4-5-15-23-24(22,19(21)16-9-7-6-8-10-16)18-13-11-17(12-14-18)20(2)3/h6-14,19,21H,4-5,15H2,1-3H3/t19-,24+/m0/s1. The second kappa shape index (κ2) is 8.48. The number of aliphatic hydroxyl groups is 1. The Kier molecular flexibility index (Phi) is 6.61. The average molecular weight is 347 g/mol. The predicted molar refractivity (Wildman–Crippen MR) is 100 cm³/mol. The third-order valence-corrected chi connectivity index (χ3v) is 6.45. The fourth-order valence-corrected chi connectivity index (χ4v) is 4.51. The zero-order chi connectivity index (χ0) is 17.6. The molecule has 2 rings (SSSR count). The summed E-state index contributed by atoms with van der Waals surface area (Å²) in [5.41, 5.74) is 1.61. The third kappa shape index (κ3) is 4.27. The molecule has 0 saturated carbocycles. The van der Waals surface area contributed by atoms with Gasteiger partial charge in [-0.1, -0.05) is 43.7 Å². The molecule has 0 aliphatic carbocycles. The van der Waals surface area contributed by atoms with Crippen LogP contribution in [0.5, 0.6) is 0 Å². The highest BCUT2D eigenvalue weighted by molar-refractivity contribution is 7.67. The summed E-state index contributed by atoms with van der Waals surface area (Å²) in [5.74, 6) is -1.17. The first-order valence-corrected chi connectivity index (χ1v) is 9.93. The summed E-state index contributed by atoms with van der Waals surface area (Å²) >= 11 is 0. The molecule has 0 spiro atoms. The molecule has 5 heteroatoms. The maximum atomic E-state index is 13.6. The van der Waals surface area contributed by atoms with Gasteiger partial charge < -0.3 is 14.5 Å². The number of anilines is 1. The fourth-order valence-electron chi connectivity index (χ4n) is 2.41. The lowest BCUT2D eigenvalue weighted by Crippen LogP contribution is -2.16. The first-order chi connectivity index (χ1) is 11.5. The van der Waals surface area contributed by atoms with Gasteiger partial charge in [-0.25, -0.2) is 0 Å². The minimum atomic E-state index is -3.43. The molecule has 2 atom stereocenters. The van der Waals surface area contributed by atoms with Crippen molar-refractivity contribution in [1.82, 2.24) is 0 Å². The second-order valence-corrected chi connectivity index (χ2v) is 8.44. The van der Waals surface area contributed by atoms with Gasteiger partial charge in [0.05, 0.1) is 6.61 Å². The molecule has 1 N–H and O–H groups in total. The van der Waals surface area contributed by atoms with Crippen LogP contribution in [-0.4, -0.2) is 25.8 Å². The summed E-state index contributed by atoms with van der Waals surface area (Å²) in [6, 6.07) is 16.4. The molecule has 0 aliphatic rings. The van der Waals surface area contributed by atoms with Crippen LogP contribution in [0.4, 0.5) is 5.69 Å². The van der Waals surface area contributed by atoms with Crippen molar-refractivity contribution in [2.45, 2.75) is 25.6 Å².